The van der Waals surface area contributed by atoms with Crippen molar-refractivity contribution in [2.24, 2.45) is 10.2 Å². The van der Waals surface area contributed by atoms with E-state index < -0.39 is 11.0 Å². The van der Waals surface area contributed by atoms with Gasteiger partial charge in [-0.05, 0) is 18.2 Å². The molecule has 98 valence electrons. The molecule has 0 radical (unpaired) electrons. The highest BCUT2D eigenvalue weighted by Crippen LogP contribution is 2.41. The van der Waals surface area contributed by atoms with Gasteiger partial charge in [-0.25, -0.2) is 4.90 Å². The van der Waals surface area contributed by atoms with Crippen LogP contribution in [0.15, 0.2) is 34.5 Å². The van der Waals surface area contributed by atoms with E-state index in [2.05, 4.69) is 10.2 Å². The maximum Gasteiger partial charge on any atom is 0.264 e. The van der Waals surface area contributed by atoms with Crippen LogP contribution in [0.1, 0.15) is 12.8 Å². The van der Waals surface area contributed by atoms with E-state index in [1.807, 2.05) is 0 Å². The summed E-state index contributed by atoms with van der Waals surface area (Å²) in [5.74, 6) is -0.691. The fourth-order valence-electron chi connectivity index (χ4n) is 2.37. The maximum atomic E-state index is 12.4. The molecule has 1 aromatic rings. The molecule has 0 aromatic heterocycles. The van der Waals surface area contributed by atoms with Crippen LogP contribution in [0.25, 0.3) is 0 Å². The van der Waals surface area contributed by atoms with Crippen molar-refractivity contribution in [2.75, 3.05) is 4.90 Å². The number of nitrogens with zero attached hydrogens (tertiary/aromatic N) is 3. The first kappa shape index (κ1) is 12.6. The summed E-state index contributed by atoms with van der Waals surface area (Å²) in [5.41, 5.74) is -1.21. The molecule has 19 heavy (non-hydrogen) atoms. The maximum absolute atomic E-state index is 12.4. The molecular formula is C12H9Cl2N3O2. The molecule has 3 rings (SSSR count). The fraction of sp³-hybridized carbons (Fsp3) is 0.333. The van der Waals surface area contributed by atoms with E-state index in [1.54, 1.807) is 24.3 Å². The van der Waals surface area contributed by atoms with E-state index in [0.29, 0.717) is 10.7 Å². The zero-order chi connectivity index (χ0) is 13.6. The van der Waals surface area contributed by atoms with Gasteiger partial charge in [-0.3, -0.25) is 9.59 Å². The molecule has 0 bridgehead atoms. The Hall–Kier alpha value is -1.46. The van der Waals surface area contributed by atoms with Gasteiger partial charge in [0.25, 0.3) is 5.91 Å². The lowest BCUT2D eigenvalue weighted by molar-refractivity contribution is -0.122. The molecule has 1 spiro atoms. The molecule has 2 amide bonds. The lowest BCUT2D eigenvalue weighted by Gasteiger charge is -2.18. The van der Waals surface area contributed by atoms with Crippen molar-refractivity contribution in [3.05, 3.63) is 29.3 Å². The van der Waals surface area contributed by atoms with Gasteiger partial charge in [-0.15, -0.1) is 0 Å². The Balaban J connectivity index is 1.99. The van der Waals surface area contributed by atoms with Crippen molar-refractivity contribution in [3.63, 3.8) is 0 Å². The van der Waals surface area contributed by atoms with Crippen LogP contribution in [0.2, 0.25) is 5.02 Å². The van der Waals surface area contributed by atoms with Gasteiger partial charge in [-0.2, -0.15) is 10.2 Å². The van der Waals surface area contributed by atoms with E-state index in [1.165, 1.54) is 0 Å². The standard InChI is InChI=1S/C12H9Cl2N3O2/c13-7-2-1-3-8(4-7)17-10(18)6-12(11(17)19)5-9(14)15-16-12/h1-4,9H,5-6H2/t9-,12-/m0/s1. The molecule has 1 fully saturated rings. The lowest BCUT2D eigenvalue weighted by atomic mass is 9.95. The van der Waals surface area contributed by atoms with E-state index in [-0.39, 0.29) is 24.7 Å². The van der Waals surface area contributed by atoms with Gasteiger partial charge in [0.1, 0.15) is 5.50 Å². The number of carbonyl (C=O) groups excluding carboxylic acids is 2. The second-order valence-electron chi connectivity index (χ2n) is 4.58. The first-order valence-electron chi connectivity index (χ1n) is 5.71. The number of hydrogen-bond donors (Lipinski definition) is 0. The van der Waals surface area contributed by atoms with Crippen molar-refractivity contribution in [1.29, 1.82) is 0 Å². The van der Waals surface area contributed by atoms with Gasteiger partial charge in [-0.1, -0.05) is 29.3 Å². The zero-order valence-electron chi connectivity index (χ0n) is 9.72. The number of carbonyl (C=O) groups is 2. The second kappa shape index (κ2) is 4.28. The number of azo groups is 1. The Kier molecular flexibility index (Phi) is 2.83. The smallest absolute Gasteiger partial charge is 0.264 e. The molecule has 0 N–H and O–H groups in total. The predicted molar refractivity (Wildman–Crippen MR) is 70.4 cm³/mol. The summed E-state index contributed by atoms with van der Waals surface area (Å²) >= 11 is 11.7. The fourth-order valence-corrected chi connectivity index (χ4v) is 2.86. The monoisotopic (exact) mass is 297 g/mol. The number of imide groups is 1. The summed E-state index contributed by atoms with van der Waals surface area (Å²) in [6.07, 6.45) is 0.265. The van der Waals surface area contributed by atoms with Crippen molar-refractivity contribution < 1.29 is 9.59 Å². The summed E-state index contributed by atoms with van der Waals surface area (Å²) in [5, 5.41) is 8.15. The lowest BCUT2D eigenvalue weighted by Crippen LogP contribution is -2.38. The molecule has 2 atom stereocenters. The highest BCUT2D eigenvalue weighted by atomic mass is 35.5. The van der Waals surface area contributed by atoms with E-state index >= 15 is 0 Å². The van der Waals surface area contributed by atoms with Gasteiger partial charge < -0.3 is 0 Å². The van der Waals surface area contributed by atoms with Crippen LogP contribution >= 0.6 is 23.2 Å². The van der Waals surface area contributed by atoms with Gasteiger partial charge in [0.05, 0.1) is 12.1 Å². The molecule has 0 aliphatic carbocycles. The number of halogens is 2. The third-order valence-electron chi connectivity index (χ3n) is 3.24. The number of alkyl halides is 1. The van der Waals surface area contributed by atoms with Crippen LogP contribution in [0, 0.1) is 0 Å². The Morgan fingerprint density at radius 1 is 1.37 bits per heavy atom. The van der Waals surface area contributed by atoms with Crippen molar-refractivity contribution in [2.45, 2.75) is 23.9 Å². The third-order valence-corrected chi connectivity index (χ3v) is 3.72. The third kappa shape index (κ3) is 1.93. The summed E-state index contributed by atoms with van der Waals surface area (Å²) in [4.78, 5) is 25.6. The molecule has 2 aliphatic rings. The number of amides is 2. The Morgan fingerprint density at radius 2 is 2.16 bits per heavy atom. The van der Waals surface area contributed by atoms with E-state index in [0.717, 1.165) is 4.90 Å². The minimum absolute atomic E-state index is 0.00503. The van der Waals surface area contributed by atoms with Crippen LogP contribution in [0.4, 0.5) is 5.69 Å². The average molecular weight is 298 g/mol. The van der Waals surface area contributed by atoms with Gasteiger partial charge in [0.2, 0.25) is 5.91 Å². The molecule has 0 saturated carbocycles. The van der Waals surface area contributed by atoms with Crippen molar-refractivity contribution in [1.82, 2.24) is 0 Å². The zero-order valence-corrected chi connectivity index (χ0v) is 11.2. The molecule has 2 heterocycles. The Bertz CT molecular complexity index is 604. The molecule has 2 aliphatic heterocycles. The van der Waals surface area contributed by atoms with Gasteiger partial charge in [0, 0.05) is 11.4 Å². The highest BCUT2D eigenvalue weighted by molar-refractivity contribution is 6.31. The van der Waals surface area contributed by atoms with Crippen LogP contribution in [0.3, 0.4) is 0 Å². The molecule has 1 saturated heterocycles. The normalized spacial score (nSPS) is 29.8. The van der Waals surface area contributed by atoms with Crippen molar-refractivity contribution >= 4 is 40.7 Å². The molecule has 7 heteroatoms. The topological polar surface area (TPSA) is 62.1 Å². The van der Waals surface area contributed by atoms with Crippen LogP contribution in [-0.2, 0) is 9.59 Å². The minimum Gasteiger partial charge on any atom is -0.274 e. The number of hydrogen-bond acceptors (Lipinski definition) is 4. The molecule has 5 nitrogen and oxygen atoms in total. The van der Waals surface area contributed by atoms with E-state index in [4.69, 9.17) is 23.2 Å². The molecular weight excluding hydrogens is 289 g/mol. The molecule has 0 unspecified atom stereocenters. The second-order valence-corrected chi connectivity index (χ2v) is 5.52. The number of rotatable bonds is 1. The highest BCUT2D eigenvalue weighted by Gasteiger charge is 2.56. The Morgan fingerprint density at radius 3 is 2.79 bits per heavy atom. The van der Waals surface area contributed by atoms with Gasteiger partial charge in [0.15, 0.2) is 5.54 Å². The SMILES string of the molecule is O=C1C[C@@]2(C[C@@H](Cl)N=N2)C(=O)N1c1cccc(Cl)c1. The van der Waals surface area contributed by atoms with E-state index in [9.17, 15) is 9.59 Å². The predicted octanol–water partition coefficient (Wildman–Crippen LogP) is 2.76. The van der Waals surface area contributed by atoms with Gasteiger partial charge >= 0.3 is 0 Å². The van der Waals surface area contributed by atoms with Crippen LogP contribution < -0.4 is 4.90 Å². The van der Waals surface area contributed by atoms with Crippen LogP contribution in [0.5, 0.6) is 0 Å². The van der Waals surface area contributed by atoms with Crippen LogP contribution in [-0.4, -0.2) is 22.9 Å². The first-order chi connectivity index (χ1) is 9.02. The Labute approximate surface area is 119 Å². The number of anilines is 1. The summed E-state index contributed by atoms with van der Waals surface area (Å²) < 4.78 is 0. The molecule has 1 aromatic carbocycles. The number of benzene rings is 1. The quantitative estimate of drug-likeness (QED) is 0.454. The minimum atomic E-state index is -1.12. The first-order valence-corrected chi connectivity index (χ1v) is 6.52. The average Bonchev–Trinajstić information content (AvgIpc) is 2.82. The summed E-state index contributed by atoms with van der Waals surface area (Å²) in [6, 6.07) is 6.59. The largest absolute Gasteiger partial charge is 0.274 e. The summed E-state index contributed by atoms with van der Waals surface area (Å²) in [7, 11) is 0. The summed E-state index contributed by atoms with van der Waals surface area (Å²) in [6.45, 7) is 0. The van der Waals surface area contributed by atoms with Crippen molar-refractivity contribution in [3.8, 4) is 0 Å².